The van der Waals surface area contributed by atoms with Crippen molar-refractivity contribution in [3.63, 3.8) is 0 Å². The molecule has 1 N–H and O–H groups in total. The van der Waals surface area contributed by atoms with Gasteiger partial charge < -0.3 is 10.2 Å². The predicted octanol–water partition coefficient (Wildman–Crippen LogP) is 6.52. The second kappa shape index (κ2) is 10.5. The van der Waals surface area contributed by atoms with Gasteiger partial charge in [0.15, 0.2) is 0 Å². The van der Waals surface area contributed by atoms with Gasteiger partial charge in [0.25, 0.3) is 0 Å². The van der Waals surface area contributed by atoms with Crippen LogP contribution in [0.4, 0.5) is 24.7 Å². The van der Waals surface area contributed by atoms with Crippen molar-refractivity contribution in [3.8, 4) is 0 Å². The fraction of sp³-hybridized carbons (Fsp3) is 0.520. The first-order valence-electron chi connectivity index (χ1n) is 12.2. The molecule has 0 radical (unpaired) electrons. The minimum absolute atomic E-state index is 0.215. The lowest BCUT2D eigenvalue weighted by Gasteiger charge is -2.33. The number of anilines is 2. The van der Waals surface area contributed by atoms with Crippen molar-refractivity contribution in [3.05, 3.63) is 46.1 Å². The van der Waals surface area contributed by atoms with E-state index in [1.807, 2.05) is 0 Å². The summed E-state index contributed by atoms with van der Waals surface area (Å²) in [5, 5.41) is 4.95. The van der Waals surface area contributed by atoms with E-state index in [2.05, 4.69) is 43.3 Å². The summed E-state index contributed by atoms with van der Waals surface area (Å²) >= 11 is 7.73. The molecule has 5 nitrogen and oxygen atoms in total. The zero-order chi connectivity index (χ0) is 24.4. The second-order valence-corrected chi connectivity index (χ2v) is 11.0. The van der Waals surface area contributed by atoms with Gasteiger partial charge in [0.1, 0.15) is 17.0 Å². The maximum Gasteiger partial charge on any atom is 0.393 e. The first-order chi connectivity index (χ1) is 16.8. The first-order valence-corrected chi connectivity index (χ1v) is 13.4. The van der Waals surface area contributed by atoms with E-state index in [0.717, 1.165) is 67.5 Å². The molecule has 2 aliphatic rings. The van der Waals surface area contributed by atoms with Crippen LogP contribution in [-0.4, -0.2) is 53.3 Å². The number of aromatic nitrogens is 2. The number of rotatable bonds is 6. The van der Waals surface area contributed by atoms with E-state index in [9.17, 15) is 13.2 Å². The number of nitrogens with zero attached hydrogens (tertiary/aromatic N) is 4. The smallest absolute Gasteiger partial charge is 0.371 e. The third-order valence-electron chi connectivity index (χ3n) is 6.84. The maximum absolute atomic E-state index is 12.8. The van der Waals surface area contributed by atoms with E-state index < -0.39 is 12.6 Å². The van der Waals surface area contributed by atoms with Crippen LogP contribution in [-0.2, 0) is 13.0 Å². The van der Waals surface area contributed by atoms with Gasteiger partial charge in [0, 0.05) is 54.4 Å². The van der Waals surface area contributed by atoms with E-state index in [-0.39, 0.29) is 10.9 Å². The summed E-state index contributed by atoms with van der Waals surface area (Å²) in [5.74, 6) is 0.620. The highest BCUT2D eigenvalue weighted by Crippen LogP contribution is 2.33. The number of hydrogen-bond donors (Lipinski definition) is 1. The van der Waals surface area contributed by atoms with Crippen LogP contribution in [0, 0.1) is 0 Å². The highest BCUT2D eigenvalue weighted by molar-refractivity contribution is 7.18. The molecule has 2 aliphatic heterocycles. The molecule has 0 spiro atoms. The molecule has 0 aliphatic carbocycles. The van der Waals surface area contributed by atoms with Crippen LogP contribution in [0.2, 0.25) is 5.02 Å². The van der Waals surface area contributed by atoms with Crippen molar-refractivity contribution in [1.29, 1.82) is 0 Å². The normalized spacial score (nSPS) is 18.3. The highest BCUT2D eigenvalue weighted by Gasteiger charge is 2.29. The summed E-state index contributed by atoms with van der Waals surface area (Å²) in [4.78, 5) is 14.2. The molecule has 0 bridgehead atoms. The van der Waals surface area contributed by atoms with Crippen molar-refractivity contribution in [2.24, 2.45) is 0 Å². The van der Waals surface area contributed by atoms with Crippen LogP contribution in [0.5, 0.6) is 0 Å². The van der Waals surface area contributed by atoms with Crippen LogP contribution < -0.4 is 10.2 Å². The molecule has 2 fully saturated rings. The SMILES string of the molecule is FC(F)(F)Cc1cc2c(NC3CCN(Cc4ccc(N5CCCCC5)cc4Cl)CC3)ncnc2s1. The Hall–Kier alpha value is -2.10. The van der Waals surface area contributed by atoms with Gasteiger partial charge in [-0.25, -0.2) is 9.97 Å². The number of nitrogens with one attached hydrogen (secondary N) is 1. The van der Waals surface area contributed by atoms with Gasteiger partial charge in [-0.3, -0.25) is 4.90 Å². The molecule has 2 aromatic heterocycles. The van der Waals surface area contributed by atoms with E-state index in [0.29, 0.717) is 16.0 Å². The monoisotopic (exact) mass is 523 g/mol. The van der Waals surface area contributed by atoms with E-state index in [4.69, 9.17) is 11.6 Å². The van der Waals surface area contributed by atoms with E-state index >= 15 is 0 Å². The first kappa shape index (κ1) is 24.6. The second-order valence-electron chi connectivity index (χ2n) is 9.46. The molecule has 0 amide bonds. The Morgan fingerprint density at radius 3 is 2.51 bits per heavy atom. The summed E-state index contributed by atoms with van der Waals surface area (Å²) < 4.78 is 38.4. The molecule has 5 rings (SSSR count). The van der Waals surface area contributed by atoms with Crippen LogP contribution in [0.1, 0.15) is 42.5 Å². The lowest BCUT2D eigenvalue weighted by molar-refractivity contribution is -0.126. The van der Waals surface area contributed by atoms with Crippen molar-refractivity contribution < 1.29 is 13.2 Å². The fourth-order valence-corrected chi connectivity index (χ4v) is 6.25. The lowest BCUT2D eigenvalue weighted by atomic mass is 10.0. The van der Waals surface area contributed by atoms with Gasteiger partial charge in [0.2, 0.25) is 0 Å². The molecular formula is C25H29ClF3N5S. The van der Waals surface area contributed by atoms with Gasteiger partial charge >= 0.3 is 6.18 Å². The summed E-state index contributed by atoms with van der Waals surface area (Å²) in [6.07, 6.45) is 1.89. The van der Waals surface area contributed by atoms with Crippen molar-refractivity contribution in [2.45, 2.75) is 57.3 Å². The molecule has 0 atom stereocenters. The third kappa shape index (κ3) is 6.19. The number of thiophene rings is 1. The Balaban J connectivity index is 1.17. The van der Waals surface area contributed by atoms with Crippen LogP contribution in [0.15, 0.2) is 30.6 Å². The Kier molecular flexibility index (Phi) is 7.37. The predicted molar refractivity (Wildman–Crippen MR) is 137 cm³/mol. The lowest BCUT2D eigenvalue weighted by Crippen LogP contribution is -2.38. The molecule has 2 saturated heterocycles. The van der Waals surface area contributed by atoms with E-state index in [1.165, 1.54) is 31.3 Å². The molecule has 188 valence electrons. The molecule has 1 aromatic carbocycles. The average molecular weight is 524 g/mol. The largest absolute Gasteiger partial charge is 0.393 e. The summed E-state index contributed by atoms with van der Waals surface area (Å²) in [6, 6.07) is 8.23. The van der Waals surface area contributed by atoms with Crippen LogP contribution >= 0.6 is 22.9 Å². The Morgan fingerprint density at radius 2 is 1.80 bits per heavy atom. The van der Waals surface area contributed by atoms with Crippen molar-refractivity contribution in [2.75, 3.05) is 36.4 Å². The number of halogens is 4. The highest BCUT2D eigenvalue weighted by atomic mass is 35.5. The van der Waals surface area contributed by atoms with Gasteiger partial charge in [-0.05, 0) is 55.9 Å². The van der Waals surface area contributed by atoms with Crippen LogP contribution in [0.25, 0.3) is 10.2 Å². The van der Waals surface area contributed by atoms with Gasteiger partial charge in [0.05, 0.1) is 11.8 Å². The number of likely N-dealkylation sites (tertiary alicyclic amines) is 1. The Bertz CT molecular complexity index is 1150. The summed E-state index contributed by atoms with van der Waals surface area (Å²) in [5.41, 5.74) is 2.36. The quantitative estimate of drug-likeness (QED) is 0.398. The standard InChI is InChI=1S/C25H29ClF3N5S/c26-22-12-19(34-8-2-1-3-9-34)5-4-17(22)15-33-10-6-18(7-11-33)32-23-21-13-20(14-25(27,28)29)35-24(21)31-16-30-23/h4-5,12-13,16,18H,1-3,6-11,14-15H2,(H,30,31,32). The zero-order valence-corrected chi connectivity index (χ0v) is 21.0. The van der Waals surface area contributed by atoms with Crippen LogP contribution in [0.3, 0.4) is 0 Å². The zero-order valence-electron chi connectivity index (χ0n) is 19.5. The molecule has 10 heteroatoms. The summed E-state index contributed by atoms with van der Waals surface area (Å²) in [7, 11) is 0. The van der Waals surface area contributed by atoms with Crippen molar-refractivity contribution >= 4 is 44.7 Å². The fourth-order valence-electron chi connectivity index (χ4n) is 4.99. The molecular weight excluding hydrogens is 495 g/mol. The summed E-state index contributed by atoms with van der Waals surface area (Å²) in [6.45, 7) is 4.85. The Labute approximate surface area is 212 Å². The number of benzene rings is 1. The number of alkyl halides is 3. The third-order valence-corrected chi connectivity index (χ3v) is 8.23. The van der Waals surface area contributed by atoms with Gasteiger partial charge in [-0.15, -0.1) is 11.3 Å². The van der Waals surface area contributed by atoms with Crippen molar-refractivity contribution in [1.82, 2.24) is 14.9 Å². The minimum atomic E-state index is -4.23. The van der Waals surface area contributed by atoms with E-state index in [1.54, 1.807) is 6.07 Å². The molecule has 35 heavy (non-hydrogen) atoms. The molecule has 3 aromatic rings. The molecule has 0 unspecified atom stereocenters. The minimum Gasteiger partial charge on any atom is -0.371 e. The number of hydrogen-bond acceptors (Lipinski definition) is 6. The van der Waals surface area contributed by atoms with Gasteiger partial charge in [-0.1, -0.05) is 17.7 Å². The maximum atomic E-state index is 12.8. The van der Waals surface area contributed by atoms with Gasteiger partial charge in [-0.2, -0.15) is 13.2 Å². The molecule has 0 saturated carbocycles. The average Bonchev–Trinajstić information content (AvgIpc) is 3.24. The number of fused-ring (bicyclic) bond motifs is 1. The Morgan fingerprint density at radius 1 is 1.03 bits per heavy atom. The number of piperidine rings is 2. The topological polar surface area (TPSA) is 44.3 Å². The molecule has 4 heterocycles.